The van der Waals surface area contributed by atoms with Gasteiger partial charge in [0.05, 0.1) is 6.54 Å². The van der Waals surface area contributed by atoms with Gasteiger partial charge in [0.15, 0.2) is 5.96 Å². The maximum atomic E-state index is 12.3. The van der Waals surface area contributed by atoms with Gasteiger partial charge in [-0.25, -0.2) is 0 Å². The summed E-state index contributed by atoms with van der Waals surface area (Å²) in [6, 6.07) is 0. The largest absolute Gasteiger partial charge is 0.401 e. The summed E-state index contributed by atoms with van der Waals surface area (Å²) in [5, 5.41) is 3.30. The lowest BCUT2D eigenvalue weighted by atomic mass is 10.1. The molecule has 124 valence electrons. The van der Waals surface area contributed by atoms with E-state index in [-0.39, 0.29) is 29.9 Å². The first-order valence-electron chi connectivity index (χ1n) is 7.22. The number of hydrogen-bond acceptors (Lipinski definition) is 2. The van der Waals surface area contributed by atoms with Crippen LogP contribution in [0.3, 0.4) is 0 Å². The highest BCUT2D eigenvalue weighted by atomic mass is 127. The van der Waals surface area contributed by atoms with Gasteiger partial charge in [0.25, 0.3) is 0 Å². The lowest BCUT2D eigenvalue weighted by molar-refractivity contribution is -0.143. The van der Waals surface area contributed by atoms with Crippen LogP contribution >= 0.6 is 24.0 Å². The summed E-state index contributed by atoms with van der Waals surface area (Å²) < 4.78 is 37.0. The number of rotatable bonds is 3. The average molecular weight is 420 g/mol. The van der Waals surface area contributed by atoms with Crippen molar-refractivity contribution in [2.45, 2.75) is 25.4 Å². The molecule has 2 saturated heterocycles. The first kappa shape index (κ1) is 18.8. The van der Waals surface area contributed by atoms with Crippen LogP contribution in [-0.2, 0) is 0 Å². The molecule has 0 aromatic rings. The fourth-order valence-electron chi connectivity index (χ4n) is 2.97. The summed E-state index contributed by atoms with van der Waals surface area (Å²) in [5.41, 5.74) is 0. The maximum absolute atomic E-state index is 12.3. The lowest BCUT2D eigenvalue weighted by Crippen LogP contribution is -2.42. The Morgan fingerprint density at radius 2 is 1.90 bits per heavy atom. The molecule has 2 aliphatic rings. The fraction of sp³-hybridized carbons (Fsp3) is 0.923. The van der Waals surface area contributed by atoms with Gasteiger partial charge in [-0.2, -0.15) is 13.2 Å². The Morgan fingerprint density at radius 1 is 1.24 bits per heavy atom. The summed E-state index contributed by atoms with van der Waals surface area (Å²) in [5.74, 6) is 1.16. The third-order valence-electron chi connectivity index (χ3n) is 3.94. The molecule has 2 fully saturated rings. The second-order valence-corrected chi connectivity index (χ2v) is 5.63. The van der Waals surface area contributed by atoms with Crippen molar-refractivity contribution in [3.05, 3.63) is 0 Å². The topological polar surface area (TPSA) is 30.9 Å². The first-order chi connectivity index (χ1) is 9.48. The van der Waals surface area contributed by atoms with Gasteiger partial charge in [-0.3, -0.25) is 9.89 Å². The smallest absolute Gasteiger partial charge is 0.356 e. The maximum Gasteiger partial charge on any atom is 0.401 e. The van der Waals surface area contributed by atoms with Crippen LogP contribution in [0.1, 0.15) is 19.3 Å². The van der Waals surface area contributed by atoms with Crippen LogP contribution in [0.5, 0.6) is 0 Å². The van der Waals surface area contributed by atoms with E-state index in [1.165, 1.54) is 17.7 Å². The molecule has 21 heavy (non-hydrogen) atoms. The zero-order valence-corrected chi connectivity index (χ0v) is 14.7. The molecule has 0 aliphatic carbocycles. The second-order valence-electron chi connectivity index (χ2n) is 5.63. The number of guanidine groups is 1. The average Bonchev–Trinajstić information content (AvgIpc) is 3.00. The van der Waals surface area contributed by atoms with Crippen molar-refractivity contribution in [2.24, 2.45) is 10.9 Å². The molecule has 0 aromatic carbocycles. The molecule has 0 aromatic heterocycles. The number of likely N-dealkylation sites (tertiary alicyclic amines) is 2. The quantitative estimate of drug-likeness (QED) is 0.432. The van der Waals surface area contributed by atoms with Gasteiger partial charge in [-0.15, -0.1) is 24.0 Å². The molecule has 1 N–H and O–H groups in total. The van der Waals surface area contributed by atoms with E-state index in [1.54, 1.807) is 7.05 Å². The molecule has 2 rings (SSSR count). The van der Waals surface area contributed by atoms with Crippen molar-refractivity contribution in [1.82, 2.24) is 15.1 Å². The molecule has 1 atom stereocenters. The molecule has 0 spiro atoms. The highest BCUT2D eigenvalue weighted by Gasteiger charge is 2.34. The van der Waals surface area contributed by atoms with Gasteiger partial charge in [0.1, 0.15) is 0 Å². The number of nitrogens with zero attached hydrogens (tertiary/aromatic N) is 3. The minimum Gasteiger partial charge on any atom is -0.356 e. The summed E-state index contributed by atoms with van der Waals surface area (Å²) >= 11 is 0. The molecule has 2 heterocycles. The minimum atomic E-state index is -4.09. The van der Waals surface area contributed by atoms with E-state index in [0.717, 1.165) is 25.5 Å². The van der Waals surface area contributed by atoms with E-state index >= 15 is 0 Å². The Kier molecular flexibility index (Phi) is 7.52. The summed E-state index contributed by atoms with van der Waals surface area (Å²) in [4.78, 5) is 7.95. The number of hydrogen-bond donors (Lipinski definition) is 1. The highest BCUT2D eigenvalue weighted by Crippen LogP contribution is 2.22. The molecule has 2 aliphatic heterocycles. The van der Waals surface area contributed by atoms with Gasteiger partial charge in [0.2, 0.25) is 0 Å². The molecule has 0 radical (unpaired) electrons. The number of nitrogens with one attached hydrogen (secondary N) is 1. The normalized spacial score (nSPS) is 24.3. The predicted octanol–water partition coefficient (Wildman–Crippen LogP) is 2.16. The van der Waals surface area contributed by atoms with Crippen LogP contribution in [0.15, 0.2) is 4.99 Å². The zero-order chi connectivity index (χ0) is 14.6. The lowest BCUT2D eigenvalue weighted by Gasteiger charge is -2.23. The van der Waals surface area contributed by atoms with Crippen molar-refractivity contribution < 1.29 is 13.2 Å². The van der Waals surface area contributed by atoms with E-state index in [2.05, 4.69) is 15.2 Å². The minimum absolute atomic E-state index is 0. The summed E-state index contributed by atoms with van der Waals surface area (Å²) in [6.45, 7) is 3.01. The third kappa shape index (κ3) is 6.17. The first-order valence-corrected chi connectivity index (χ1v) is 7.22. The van der Waals surface area contributed by atoms with Crippen LogP contribution in [0, 0.1) is 5.92 Å². The summed E-state index contributed by atoms with van der Waals surface area (Å²) in [7, 11) is 1.76. The molecular formula is C13H24F3IN4. The Bertz CT molecular complexity index is 343. The van der Waals surface area contributed by atoms with Crippen molar-refractivity contribution >= 4 is 29.9 Å². The van der Waals surface area contributed by atoms with Crippen LogP contribution in [-0.4, -0.2) is 68.3 Å². The van der Waals surface area contributed by atoms with Crippen molar-refractivity contribution in [3.8, 4) is 0 Å². The fourth-order valence-corrected chi connectivity index (χ4v) is 2.97. The number of aliphatic imine (C=N–C) groups is 1. The van der Waals surface area contributed by atoms with Crippen LogP contribution < -0.4 is 5.32 Å². The van der Waals surface area contributed by atoms with Gasteiger partial charge >= 0.3 is 6.18 Å². The predicted molar refractivity (Wildman–Crippen MR) is 88.2 cm³/mol. The molecule has 0 bridgehead atoms. The van der Waals surface area contributed by atoms with Gasteiger partial charge in [-0.1, -0.05) is 0 Å². The third-order valence-corrected chi connectivity index (χ3v) is 3.94. The van der Waals surface area contributed by atoms with Crippen LogP contribution in [0.4, 0.5) is 13.2 Å². The van der Waals surface area contributed by atoms with Crippen LogP contribution in [0.2, 0.25) is 0 Å². The second kappa shape index (κ2) is 8.40. The molecule has 0 saturated carbocycles. The van der Waals surface area contributed by atoms with Crippen molar-refractivity contribution in [1.29, 1.82) is 0 Å². The number of alkyl halides is 3. The Hall–Kier alpha value is -0.250. The molecule has 8 heteroatoms. The van der Waals surface area contributed by atoms with E-state index in [1.807, 2.05) is 0 Å². The highest BCUT2D eigenvalue weighted by molar-refractivity contribution is 14.0. The zero-order valence-electron chi connectivity index (χ0n) is 12.3. The van der Waals surface area contributed by atoms with E-state index in [0.29, 0.717) is 19.6 Å². The van der Waals surface area contributed by atoms with E-state index < -0.39 is 12.7 Å². The summed E-state index contributed by atoms with van der Waals surface area (Å²) in [6.07, 6.45) is -0.902. The van der Waals surface area contributed by atoms with Gasteiger partial charge in [-0.05, 0) is 31.7 Å². The molecular weight excluding hydrogens is 396 g/mol. The van der Waals surface area contributed by atoms with E-state index in [9.17, 15) is 13.2 Å². The standard InChI is InChI=1S/C13H23F3N4.HI/c1-17-12(20-5-2-3-6-20)18-8-11-4-7-19(9-11)10-13(14,15)16;/h11H,2-10H2,1H3,(H,17,18);1H. The Morgan fingerprint density at radius 3 is 2.48 bits per heavy atom. The van der Waals surface area contributed by atoms with Gasteiger partial charge < -0.3 is 10.2 Å². The Balaban J connectivity index is 0.00000220. The molecule has 0 amide bonds. The van der Waals surface area contributed by atoms with Crippen LogP contribution in [0.25, 0.3) is 0 Å². The Labute approximate surface area is 141 Å². The molecule has 4 nitrogen and oxygen atoms in total. The van der Waals surface area contributed by atoms with E-state index in [4.69, 9.17) is 0 Å². The monoisotopic (exact) mass is 420 g/mol. The SMILES string of the molecule is CN=C(NCC1CCN(CC(F)(F)F)C1)N1CCCC1.I. The van der Waals surface area contributed by atoms with Crippen molar-refractivity contribution in [3.63, 3.8) is 0 Å². The molecule has 1 unspecified atom stereocenters. The van der Waals surface area contributed by atoms with Gasteiger partial charge in [0, 0.05) is 33.2 Å². The number of halogens is 4. The van der Waals surface area contributed by atoms with Crippen molar-refractivity contribution in [2.75, 3.05) is 46.3 Å².